The molecule has 1 unspecified atom stereocenters. The van der Waals surface area contributed by atoms with E-state index >= 15 is 0 Å². The summed E-state index contributed by atoms with van der Waals surface area (Å²) >= 11 is 0. The van der Waals surface area contributed by atoms with Gasteiger partial charge >= 0.3 is 0 Å². The van der Waals surface area contributed by atoms with E-state index in [4.69, 9.17) is 0 Å². The molecule has 0 radical (unpaired) electrons. The van der Waals surface area contributed by atoms with Gasteiger partial charge in [-0.2, -0.15) is 0 Å². The molecule has 0 aliphatic heterocycles. The van der Waals surface area contributed by atoms with Crippen molar-refractivity contribution in [2.75, 3.05) is 0 Å². The molecule has 2 rings (SSSR count). The summed E-state index contributed by atoms with van der Waals surface area (Å²) in [6.45, 7) is 3.76. The molecule has 0 saturated heterocycles. The molecule has 0 spiro atoms. The minimum atomic E-state index is -0.572. The highest BCUT2D eigenvalue weighted by atomic mass is 16.3. The molecule has 1 aromatic carbocycles. The number of aromatic hydroxyl groups is 1. The number of phenols is 1. The van der Waals surface area contributed by atoms with Crippen molar-refractivity contribution >= 4 is 0 Å². The van der Waals surface area contributed by atoms with Gasteiger partial charge in [0.1, 0.15) is 5.75 Å². The van der Waals surface area contributed by atoms with Crippen LogP contribution in [0.25, 0.3) is 0 Å². The molecule has 1 aromatic rings. The first-order chi connectivity index (χ1) is 7.11. The van der Waals surface area contributed by atoms with Gasteiger partial charge in [-0.25, -0.2) is 0 Å². The van der Waals surface area contributed by atoms with Gasteiger partial charge in [-0.3, -0.25) is 0 Å². The summed E-state index contributed by atoms with van der Waals surface area (Å²) in [5.74, 6) is 0.253. The molecule has 0 aromatic heterocycles. The summed E-state index contributed by atoms with van der Waals surface area (Å²) in [5, 5.41) is 19.5. The van der Waals surface area contributed by atoms with Crippen LogP contribution in [0.15, 0.2) is 6.07 Å². The first-order valence-corrected chi connectivity index (χ1v) is 5.63. The molecule has 15 heavy (non-hydrogen) atoms. The highest BCUT2D eigenvalue weighted by Crippen LogP contribution is 2.36. The highest BCUT2D eigenvalue weighted by molar-refractivity contribution is 5.50. The van der Waals surface area contributed by atoms with Crippen LogP contribution in [0.5, 0.6) is 5.75 Å². The van der Waals surface area contributed by atoms with E-state index in [0.717, 1.165) is 30.4 Å². The van der Waals surface area contributed by atoms with Gasteiger partial charge in [-0.15, -0.1) is 0 Å². The Kier molecular flexibility index (Phi) is 2.70. The van der Waals surface area contributed by atoms with E-state index in [9.17, 15) is 10.2 Å². The lowest BCUT2D eigenvalue weighted by Crippen LogP contribution is -2.10. The summed E-state index contributed by atoms with van der Waals surface area (Å²) < 4.78 is 0. The molecular formula is C13H18O2. The molecular weight excluding hydrogens is 188 g/mol. The molecule has 0 bridgehead atoms. The Morgan fingerprint density at radius 3 is 2.40 bits per heavy atom. The first kappa shape index (κ1) is 10.5. The minimum absolute atomic E-state index is 0.253. The Bertz CT molecular complexity index is 381. The van der Waals surface area contributed by atoms with Crippen molar-refractivity contribution in [3.8, 4) is 5.75 Å². The van der Waals surface area contributed by atoms with Crippen molar-refractivity contribution < 1.29 is 10.2 Å². The van der Waals surface area contributed by atoms with Crippen LogP contribution in [0.4, 0.5) is 0 Å². The fourth-order valence-corrected chi connectivity index (χ4v) is 2.63. The van der Waals surface area contributed by atoms with Crippen LogP contribution < -0.4 is 0 Å². The van der Waals surface area contributed by atoms with E-state index in [1.807, 2.05) is 6.92 Å². The lowest BCUT2D eigenvalue weighted by Gasteiger charge is -2.23. The molecule has 2 heteroatoms. The van der Waals surface area contributed by atoms with Gasteiger partial charge in [0, 0.05) is 5.56 Å². The predicted molar refractivity (Wildman–Crippen MR) is 60.1 cm³/mol. The van der Waals surface area contributed by atoms with Crippen LogP contribution in [0.2, 0.25) is 0 Å². The average Bonchev–Trinajstić information content (AvgIpc) is 2.17. The third kappa shape index (κ3) is 1.74. The number of rotatable bonds is 1. The summed E-state index contributed by atoms with van der Waals surface area (Å²) in [4.78, 5) is 0. The number of hydrogen-bond donors (Lipinski definition) is 2. The SMILES string of the molecule is Cc1cc(O)c(C(C)O)c2c1CCCC2. The molecule has 82 valence electrons. The Morgan fingerprint density at radius 1 is 1.20 bits per heavy atom. The van der Waals surface area contributed by atoms with Crippen LogP contribution in [-0.4, -0.2) is 10.2 Å². The Balaban J connectivity index is 2.63. The van der Waals surface area contributed by atoms with Crippen molar-refractivity contribution in [3.05, 3.63) is 28.3 Å². The maximum atomic E-state index is 9.86. The quantitative estimate of drug-likeness (QED) is 0.741. The van der Waals surface area contributed by atoms with Gasteiger partial charge in [-0.05, 0) is 62.3 Å². The standard InChI is InChI=1S/C13H18O2/c1-8-7-12(15)13(9(2)14)11-6-4-3-5-10(8)11/h7,9,14-15H,3-6H2,1-2H3. The Morgan fingerprint density at radius 2 is 1.80 bits per heavy atom. The summed E-state index contributed by atoms with van der Waals surface area (Å²) in [5.41, 5.74) is 4.44. The summed E-state index contributed by atoms with van der Waals surface area (Å²) in [6, 6.07) is 1.78. The van der Waals surface area contributed by atoms with Crippen LogP contribution in [0.1, 0.15) is 48.1 Å². The number of fused-ring (bicyclic) bond motifs is 1. The minimum Gasteiger partial charge on any atom is -0.508 e. The van der Waals surface area contributed by atoms with Crippen molar-refractivity contribution in [3.63, 3.8) is 0 Å². The zero-order chi connectivity index (χ0) is 11.0. The van der Waals surface area contributed by atoms with Crippen LogP contribution in [-0.2, 0) is 12.8 Å². The highest BCUT2D eigenvalue weighted by Gasteiger charge is 2.21. The van der Waals surface area contributed by atoms with Gasteiger partial charge in [0.25, 0.3) is 0 Å². The third-order valence-electron chi connectivity index (χ3n) is 3.32. The van der Waals surface area contributed by atoms with Crippen LogP contribution in [0, 0.1) is 6.92 Å². The lowest BCUT2D eigenvalue weighted by molar-refractivity contribution is 0.193. The average molecular weight is 206 g/mol. The predicted octanol–water partition coefficient (Wildman–Crippen LogP) is 2.63. The molecule has 2 nitrogen and oxygen atoms in total. The normalized spacial score (nSPS) is 17.3. The summed E-state index contributed by atoms with van der Waals surface area (Å²) in [7, 11) is 0. The molecule has 1 atom stereocenters. The number of aliphatic hydroxyl groups excluding tert-OH is 1. The Hall–Kier alpha value is -1.02. The molecule has 0 saturated carbocycles. The van der Waals surface area contributed by atoms with E-state index < -0.39 is 6.10 Å². The second-order valence-corrected chi connectivity index (χ2v) is 4.47. The topological polar surface area (TPSA) is 40.5 Å². The number of aryl methyl sites for hydroxylation is 1. The van der Waals surface area contributed by atoms with E-state index in [2.05, 4.69) is 0 Å². The van der Waals surface area contributed by atoms with E-state index in [1.54, 1.807) is 13.0 Å². The van der Waals surface area contributed by atoms with E-state index in [-0.39, 0.29) is 5.75 Å². The monoisotopic (exact) mass is 206 g/mol. The zero-order valence-electron chi connectivity index (χ0n) is 9.38. The van der Waals surface area contributed by atoms with Gasteiger partial charge in [0.2, 0.25) is 0 Å². The zero-order valence-corrected chi connectivity index (χ0v) is 9.38. The first-order valence-electron chi connectivity index (χ1n) is 5.63. The van der Waals surface area contributed by atoms with E-state index in [0.29, 0.717) is 0 Å². The molecule has 1 aliphatic rings. The number of benzene rings is 1. The van der Waals surface area contributed by atoms with Crippen molar-refractivity contribution in [1.82, 2.24) is 0 Å². The Labute approximate surface area is 90.6 Å². The van der Waals surface area contributed by atoms with Crippen molar-refractivity contribution in [1.29, 1.82) is 0 Å². The van der Waals surface area contributed by atoms with Crippen LogP contribution in [0.3, 0.4) is 0 Å². The number of phenolic OH excluding ortho intramolecular Hbond substituents is 1. The fourth-order valence-electron chi connectivity index (χ4n) is 2.63. The summed E-state index contributed by atoms with van der Waals surface area (Å²) in [6.07, 6.45) is 3.89. The lowest BCUT2D eigenvalue weighted by atomic mass is 9.83. The van der Waals surface area contributed by atoms with E-state index in [1.165, 1.54) is 17.5 Å². The van der Waals surface area contributed by atoms with Crippen molar-refractivity contribution in [2.45, 2.75) is 45.6 Å². The fraction of sp³-hybridized carbons (Fsp3) is 0.538. The largest absolute Gasteiger partial charge is 0.508 e. The maximum absolute atomic E-state index is 9.86. The van der Waals surface area contributed by atoms with Gasteiger partial charge < -0.3 is 10.2 Å². The van der Waals surface area contributed by atoms with Gasteiger partial charge in [0.15, 0.2) is 0 Å². The van der Waals surface area contributed by atoms with Crippen molar-refractivity contribution in [2.24, 2.45) is 0 Å². The smallest absolute Gasteiger partial charge is 0.121 e. The number of aliphatic hydroxyl groups is 1. The van der Waals surface area contributed by atoms with Gasteiger partial charge in [-0.1, -0.05) is 0 Å². The van der Waals surface area contributed by atoms with Crippen LogP contribution >= 0.6 is 0 Å². The second-order valence-electron chi connectivity index (χ2n) is 4.47. The molecule has 0 fully saturated rings. The third-order valence-corrected chi connectivity index (χ3v) is 3.32. The second kappa shape index (κ2) is 3.86. The molecule has 0 amide bonds. The molecule has 0 heterocycles. The number of hydrogen-bond acceptors (Lipinski definition) is 2. The molecule has 2 N–H and O–H groups in total. The van der Waals surface area contributed by atoms with Gasteiger partial charge in [0.05, 0.1) is 6.10 Å². The molecule has 1 aliphatic carbocycles. The maximum Gasteiger partial charge on any atom is 0.121 e.